The van der Waals surface area contributed by atoms with Gasteiger partial charge in [0.25, 0.3) is 6.29 Å². The zero-order valence-corrected chi connectivity index (χ0v) is 65.8. The number of carbonyl (C=O) groups excluding carboxylic acids is 2. The average Bonchev–Trinajstić information content (AvgIpc) is 1.21. The zero-order valence-electron chi connectivity index (χ0n) is 65.8. The van der Waals surface area contributed by atoms with Gasteiger partial charge in [0.1, 0.15) is 13.2 Å². The molecule has 0 saturated heterocycles. The molecule has 0 heterocycles. The smallest absolute Gasteiger partial charge is 0.361 e. The van der Waals surface area contributed by atoms with Gasteiger partial charge in [0, 0.05) is 12.8 Å². The fourth-order valence-electron chi connectivity index (χ4n) is 11.3. The second kappa shape index (κ2) is 80.3. The maximum absolute atomic E-state index is 13.0. The van der Waals surface area contributed by atoms with E-state index in [1.807, 2.05) is 21.1 Å². The number of unbranched alkanes of at least 4 members (excludes halogenated alkanes) is 32. The summed E-state index contributed by atoms with van der Waals surface area (Å²) < 4.78 is 23.1. The second-order valence-electron chi connectivity index (χ2n) is 28.3. The third kappa shape index (κ3) is 81.8. The van der Waals surface area contributed by atoms with Crippen LogP contribution in [0.1, 0.15) is 335 Å². The van der Waals surface area contributed by atoms with Crippen molar-refractivity contribution in [1.82, 2.24) is 0 Å². The number of ether oxygens (including phenoxy) is 4. The number of esters is 2. The van der Waals surface area contributed by atoms with Gasteiger partial charge < -0.3 is 28.5 Å². The number of likely N-dealkylation sites (N-methyl/N-ethyl adjacent to an activating group) is 1. The molecule has 0 aliphatic rings. The van der Waals surface area contributed by atoms with E-state index in [0.717, 1.165) is 128 Å². The molecule has 2 unspecified atom stereocenters. The Morgan fingerprint density at radius 2 is 0.535 bits per heavy atom. The van der Waals surface area contributed by atoms with Crippen molar-refractivity contribution in [1.29, 1.82) is 0 Å². The molecular weight excluding hydrogens is 1250 g/mol. The van der Waals surface area contributed by atoms with E-state index in [4.69, 9.17) is 18.9 Å². The molecule has 0 aliphatic carbocycles. The minimum Gasteiger partial charge on any atom is -0.477 e. The highest BCUT2D eigenvalue weighted by atomic mass is 16.7. The lowest BCUT2D eigenvalue weighted by Gasteiger charge is -2.25. The summed E-state index contributed by atoms with van der Waals surface area (Å²) in [6, 6.07) is 0. The van der Waals surface area contributed by atoms with E-state index in [9.17, 15) is 19.5 Å². The number of allylic oxidation sites excluding steroid dienone is 28. The maximum atomic E-state index is 13.0. The summed E-state index contributed by atoms with van der Waals surface area (Å²) in [6.45, 7) is 4.67. The first-order valence-electron chi connectivity index (χ1n) is 41.3. The Labute approximate surface area is 622 Å². The van der Waals surface area contributed by atoms with Gasteiger partial charge in [0.2, 0.25) is 0 Å². The lowest BCUT2D eigenvalue weighted by atomic mass is 10.0. The molecule has 2 atom stereocenters. The minimum absolute atomic E-state index is 0.183. The average molecular weight is 1400 g/mol. The van der Waals surface area contributed by atoms with Gasteiger partial charge in [-0.25, -0.2) is 4.79 Å². The third-order valence-corrected chi connectivity index (χ3v) is 17.5. The number of aliphatic carboxylic acids is 1. The monoisotopic (exact) mass is 1400 g/mol. The number of carbonyl (C=O) groups is 3. The van der Waals surface area contributed by atoms with Crippen LogP contribution in [-0.4, -0.2) is 87.4 Å². The SMILES string of the molecule is CC/C=C\C/C=C\C/C=C\C/C=C\C/C=C\C/C=C\C/C=C\C/C=C\CCCCCCCCCCCCCCCCC(=O)OC(COC(=O)CCCCCCCCCCCCCCCCCCCC/C=C\C/C=C\C/C=C\C/C=C\C/C=C\C/C=C\CC)COC(OCC[N+](C)(C)C)C(=O)O. The summed E-state index contributed by atoms with van der Waals surface area (Å²) in [4.78, 5) is 37.8. The van der Waals surface area contributed by atoms with E-state index in [-0.39, 0.29) is 32.2 Å². The number of hydrogen-bond acceptors (Lipinski definition) is 7. The van der Waals surface area contributed by atoms with Crippen molar-refractivity contribution < 1.29 is 42.9 Å². The molecule has 9 nitrogen and oxygen atoms in total. The maximum Gasteiger partial charge on any atom is 0.361 e. The fraction of sp³-hybridized carbons (Fsp3) is 0.663. The Hall–Kier alpha value is -5.35. The van der Waals surface area contributed by atoms with Crippen LogP contribution in [0.15, 0.2) is 170 Å². The first-order valence-corrected chi connectivity index (χ1v) is 41.3. The predicted octanol–water partition coefficient (Wildman–Crippen LogP) is 26.9. The van der Waals surface area contributed by atoms with Crippen molar-refractivity contribution in [2.75, 3.05) is 47.5 Å². The zero-order chi connectivity index (χ0) is 73.2. The van der Waals surface area contributed by atoms with Crippen LogP contribution in [0.4, 0.5) is 0 Å². The van der Waals surface area contributed by atoms with Crippen LogP contribution in [0.2, 0.25) is 0 Å². The minimum atomic E-state index is -1.52. The quantitative estimate of drug-likeness (QED) is 0.0211. The van der Waals surface area contributed by atoms with Crippen LogP contribution in [0, 0.1) is 0 Å². The van der Waals surface area contributed by atoms with Crippen LogP contribution in [0.3, 0.4) is 0 Å². The summed E-state index contributed by atoms with van der Waals surface area (Å²) >= 11 is 0. The lowest BCUT2D eigenvalue weighted by Crippen LogP contribution is -2.40. The van der Waals surface area contributed by atoms with E-state index < -0.39 is 24.3 Å². The van der Waals surface area contributed by atoms with Crippen molar-refractivity contribution in [3.05, 3.63) is 170 Å². The predicted molar refractivity (Wildman–Crippen MR) is 437 cm³/mol. The Kier molecular flexibility index (Phi) is 76.1. The number of quaternary nitrogens is 1. The highest BCUT2D eigenvalue weighted by Crippen LogP contribution is 2.18. The lowest BCUT2D eigenvalue weighted by molar-refractivity contribution is -0.870. The standard InChI is InChI=1S/C92H153NO8/c1-6-8-10-12-14-16-18-20-22-24-26-28-30-32-34-36-38-40-42-44-45-47-49-51-53-55-57-59-61-63-65-67-69-71-73-75-77-79-81-83-90(95)101-88(87-100-92(91(96)97)98-85-84-93(3,4)5)86-99-89(94)82-80-78-76-74-72-70-68-66-64-62-60-58-56-54-52-50-48-46-43-41-39-37-35-33-31-29-27-25-23-21-19-17-15-13-11-9-7-2/h8-11,14-17,20-23,26-29,32-35,38-41,44-45,49,51,88,92H,6-7,12-13,18-19,24-25,30-31,36-37,42-43,46-48,50,52-87H2,1-5H3/p+1/b10-8-,11-9-,16-14-,17-15-,22-20-,23-21-,28-26-,29-27-,34-32-,35-33-,40-38-,41-39-,45-44-,51-49-. The molecule has 0 spiro atoms. The van der Waals surface area contributed by atoms with E-state index >= 15 is 0 Å². The topological polar surface area (TPSA) is 108 Å². The molecule has 0 fully saturated rings. The van der Waals surface area contributed by atoms with E-state index in [2.05, 4.69) is 184 Å². The first kappa shape index (κ1) is 95.6. The van der Waals surface area contributed by atoms with Crippen molar-refractivity contribution >= 4 is 17.9 Å². The highest BCUT2D eigenvalue weighted by Gasteiger charge is 2.25. The molecule has 0 aromatic rings. The molecule has 1 N–H and O–H groups in total. The van der Waals surface area contributed by atoms with Gasteiger partial charge in [-0.15, -0.1) is 0 Å². The summed E-state index contributed by atoms with van der Waals surface area (Å²) in [7, 11) is 5.98. The third-order valence-electron chi connectivity index (χ3n) is 17.5. The van der Waals surface area contributed by atoms with Crippen LogP contribution in [-0.2, 0) is 33.3 Å². The molecule has 574 valence electrons. The molecule has 0 bridgehead atoms. The number of nitrogens with zero attached hydrogens (tertiary/aromatic N) is 1. The van der Waals surface area contributed by atoms with Crippen LogP contribution in [0.25, 0.3) is 0 Å². The van der Waals surface area contributed by atoms with Crippen LogP contribution in [0.5, 0.6) is 0 Å². The van der Waals surface area contributed by atoms with Crippen LogP contribution < -0.4 is 0 Å². The first-order chi connectivity index (χ1) is 49.6. The molecular formula is C92H154NO8+. The van der Waals surface area contributed by atoms with Crippen molar-refractivity contribution in [2.45, 2.75) is 347 Å². The molecule has 0 aromatic heterocycles. The van der Waals surface area contributed by atoms with Gasteiger partial charge in [0.05, 0.1) is 34.4 Å². The van der Waals surface area contributed by atoms with E-state index in [1.54, 1.807) is 0 Å². The van der Waals surface area contributed by atoms with Crippen molar-refractivity contribution in [2.24, 2.45) is 0 Å². The number of carboxylic acids is 1. The molecule has 0 saturated carbocycles. The number of rotatable bonds is 75. The fourth-order valence-corrected chi connectivity index (χ4v) is 11.3. The van der Waals surface area contributed by atoms with Gasteiger partial charge in [-0.2, -0.15) is 0 Å². The number of carboxylic acid groups (broad SMARTS) is 1. The van der Waals surface area contributed by atoms with Crippen LogP contribution >= 0.6 is 0 Å². The summed E-state index contributed by atoms with van der Waals surface area (Å²) in [5.41, 5.74) is 0. The molecule has 0 rings (SSSR count). The normalized spacial score (nSPS) is 13.6. The Balaban J connectivity index is 4.04. The summed E-state index contributed by atoms with van der Waals surface area (Å²) in [5.74, 6) is -2.00. The highest BCUT2D eigenvalue weighted by molar-refractivity contribution is 5.71. The molecule has 0 aromatic carbocycles. The molecule has 0 aliphatic heterocycles. The molecule has 101 heavy (non-hydrogen) atoms. The molecule has 9 heteroatoms. The van der Waals surface area contributed by atoms with E-state index in [1.165, 1.54) is 173 Å². The molecule has 0 radical (unpaired) electrons. The Morgan fingerprint density at radius 3 is 0.792 bits per heavy atom. The summed E-state index contributed by atoms with van der Waals surface area (Å²) in [5, 5.41) is 9.78. The van der Waals surface area contributed by atoms with Gasteiger partial charge >= 0.3 is 17.9 Å². The van der Waals surface area contributed by atoms with E-state index in [0.29, 0.717) is 23.9 Å². The molecule has 0 amide bonds. The number of hydrogen-bond donors (Lipinski definition) is 1. The van der Waals surface area contributed by atoms with Crippen molar-refractivity contribution in [3.8, 4) is 0 Å². The van der Waals surface area contributed by atoms with Gasteiger partial charge in [-0.1, -0.05) is 364 Å². The Morgan fingerprint density at radius 1 is 0.297 bits per heavy atom. The second-order valence-corrected chi connectivity index (χ2v) is 28.3. The van der Waals surface area contributed by atoms with Crippen molar-refractivity contribution in [3.63, 3.8) is 0 Å². The van der Waals surface area contributed by atoms with Gasteiger partial charge in [-0.05, 0) is 128 Å². The Bertz CT molecular complexity index is 2280. The summed E-state index contributed by atoms with van der Waals surface area (Å²) in [6.07, 6.45) is 118. The van der Waals surface area contributed by atoms with Gasteiger partial charge in [0.15, 0.2) is 6.10 Å². The largest absolute Gasteiger partial charge is 0.477 e. The van der Waals surface area contributed by atoms with Gasteiger partial charge in [-0.3, -0.25) is 9.59 Å².